The summed E-state index contributed by atoms with van der Waals surface area (Å²) in [7, 11) is 0. The van der Waals surface area contributed by atoms with Gasteiger partial charge in [0.1, 0.15) is 6.10 Å². The van der Waals surface area contributed by atoms with Crippen molar-refractivity contribution in [2.45, 2.75) is 26.0 Å². The van der Waals surface area contributed by atoms with Gasteiger partial charge >= 0.3 is 0 Å². The first-order valence-corrected chi connectivity index (χ1v) is 4.79. The van der Waals surface area contributed by atoms with Gasteiger partial charge in [0.15, 0.2) is 5.78 Å². The highest BCUT2D eigenvalue weighted by molar-refractivity contribution is 5.88. The second kappa shape index (κ2) is 4.69. The van der Waals surface area contributed by atoms with Crippen LogP contribution in [0.15, 0.2) is 0 Å². The summed E-state index contributed by atoms with van der Waals surface area (Å²) in [6, 6.07) is -0.217. The molecule has 0 aromatic carbocycles. The largest absolute Gasteiger partial charge is 0.385 e. The van der Waals surface area contributed by atoms with Gasteiger partial charge in [-0.2, -0.15) is 0 Å². The van der Waals surface area contributed by atoms with Crippen molar-refractivity contribution in [1.29, 1.82) is 0 Å². The standard InChI is InChI=1S/C9H18N2O2/c1-6(2)8(12)9(13)7-5-10-3-4-11-7/h6-8,10-12H,3-5H2,1-2H3/t7?,8-/m1/s1. The van der Waals surface area contributed by atoms with E-state index in [1.165, 1.54) is 0 Å². The van der Waals surface area contributed by atoms with E-state index in [9.17, 15) is 9.90 Å². The average molecular weight is 186 g/mol. The molecule has 4 nitrogen and oxygen atoms in total. The van der Waals surface area contributed by atoms with Crippen LogP contribution in [0.3, 0.4) is 0 Å². The van der Waals surface area contributed by atoms with Crippen LogP contribution in [0.2, 0.25) is 0 Å². The van der Waals surface area contributed by atoms with Crippen molar-refractivity contribution in [3.05, 3.63) is 0 Å². The van der Waals surface area contributed by atoms with Crippen LogP contribution in [0.25, 0.3) is 0 Å². The number of ketones is 1. The summed E-state index contributed by atoms with van der Waals surface area (Å²) in [4.78, 5) is 11.6. The number of carbonyl (C=O) groups is 1. The number of rotatable bonds is 3. The molecule has 2 atom stereocenters. The van der Waals surface area contributed by atoms with Gasteiger partial charge in [-0.3, -0.25) is 4.79 Å². The van der Waals surface area contributed by atoms with Gasteiger partial charge in [0.2, 0.25) is 0 Å². The van der Waals surface area contributed by atoms with Crippen molar-refractivity contribution in [2.24, 2.45) is 5.92 Å². The van der Waals surface area contributed by atoms with E-state index in [0.717, 1.165) is 13.1 Å². The molecule has 13 heavy (non-hydrogen) atoms. The molecular formula is C9H18N2O2. The van der Waals surface area contributed by atoms with E-state index in [0.29, 0.717) is 6.54 Å². The number of hydrogen-bond donors (Lipinski definition) is 3. The zero-order valence-corrected chi connectivity index (χ0v) is 8.21. The van der Waals surface area contributed by atoms with Gasteiger partial charge in [0.25, 0.3) is 0 Å². The SMILES string of the molecule is CC(C)[C@@H](O)C(=O)C1CNCCN1. The molecule has 1 saturated heterocycles. The van der Waals surface area contributed by atoms with Crippen LogP contribution in [-0.4, -0.2) is 42.7 Å². The number of Topliss-reactive ketones (excluding diaryl/α,β-unsaturated/α-hetero) is 1. The molecule has 1 aliphatic heterocycles. The highest BCUT2D eigenvalue weighted by atomic mass is 16.3. The van der Waals surface area contributed by atoms with Crippen LogP contribution in [0, 0.1) is 5.92 Å². The monoisotopic (exact) mass is 186 g/mol. The first kappa shape index (κ1) is 10.6. The van der Waals surface area contributed by atoms with Gasteiger partial charge in [-0.1, -0.05) is 13.8 Å². The smallest absolute Gasteiger partial charge is 0.179 e. The maximum absolute atomic E-state index is 11.6. The Kier molecular flexibility index (Phi) is 3.84. The highest BCUT2D eigenvalue weighted by Gasteiger charge is 2.27. The molecule has 3 N–H and O–H groups in total. The molecule has 1 unspecified atom stereocenters. The van der Waals surface area contributed by atoms with E-state index in [2.05, 4.69) is 10.6 Å². The Morgan fingerprint density at radius 2 is 2.15 bits per heavy atom. The Balaban J connectivity index is 2.45. The minimum absolute atomic E-state index is 0.00349. The van der Waals surface area contributed by atoms with E-state index >= 15 is 0 Å². The van der Waals surface area contributed by atoms with Crippen molar-refractivity contribution in [2.75, 3.05) is 19.6 Å². The van der Waals surface area contributed by atoms with Crippen LogP contribution in [0.1, 0.15) is 13.8 Å². The fourth-order valence-corrected chi connectivity index (χ4v) is 1.39. The summed E-state index contributed by atoms with van der Waals surface area (Å²) in [5.41, 5.74) is 0. The molecule has 76 valence electrons. The summed E-state index contributed by atoms with van der Waals surface area (Å²) in [6.07, 6.45) is -0.836. The fourth-order valence-electron chi connectivity index (χ4n) is 1.39. The quantitative estimate of drug-likeness (QED) is 0.536. The Morgan fingerprint density at radius 1 is 1.46 bits per heavy atom. The maximum Gasteiger partial charge on any atom is 0.179 e. The molecule has 0 radical (unpaired) electrons. The molecular weight excluding hydrogens is 168 g/mol. The summed E-state index contributed by atoms with van der Waals surface area (Å²) >= 11 is 0. The molecule has 4 heteroatoms. The lowest BCUT2D eigenvalue weighted by molar-refractivity contribution is -0.131. The second-order valence-electron chi connectivity index (χ2n) is 3.80. The molecule has 1 fully saturated rings. The Hall–Kier alpha value is -0.450. The highest BCUT2D eigenvalue weighted by Crippen LogP contribution is 2.05. The first-order valence-electron chi connectivity index (χ1n) is 4.79. The maximum atomic E-state index is 11.6. The van der Waals surface area contributed by atoms with Crippen molar-refractivity contribution < 1.29 is 9.90 Å². The molecule has 0 aromatic heterocycles. The van der Waals surface area contributed by atoms with Gasteiger partial charge < -0.3 is 15.7 Å². The lowest BCUT2D eigenvalue weighted by Crippen LogP contribution is -2.55. The molecule has 0 aromatic rings. The van der Waals surface area contributed by atoms with E-state index in [1.807, 2.05) is 13.8 Å². The van der Waals surface area contributed by atoms with Gasteiger partial charge in [-0.25, -0.2) is 0 Å². The zero-order valence-electron chi connectivity index (χ0n) is 8.21. The summed E-state index contributed by atoms with van der Waals surface area (Å²) in [6.45, 7) is 6.00. The predicted molar refractivity (Wildman–Crippen MR) is 50.5 cm³/mol. The predicted octanol–water partition coefficient (Wildman–Crippen LogP) is -0.866. The Morgan fingerprint density at radius 3 is 2.62 bits per heavy atom. The number of nitrogens with one attached hydrogen (secondary N) is 2. The lowest BCUT2D eigenvalue weighted by atomic mass is 9.97. The number of hydrogen-bond acceptors (Lipinski definition) is 4. The molecule has 1 heterocycles. The molecule has 1 rings (SSSR count). The van der Waals surface area contributed by atoms with Gasteiger partial charge in [0.05, 0.1) is 6.04 Å². The van der Waals surface area contributed by atoms with Crippen LogP contribution in [-0.2, 0) is 4.79 Å². The summed E-state index contributed by atoms with van der Waals surface area (Å²) in [5, 5.41) is 15.7. The average Bonchev–Trinajstić information content (AvgIpc) is 2.17. The summed E-state index contributed by atoms with van der Waals surface area (Å²) < 4.78 is 0. The number of aliphatic hydroxyl groups is 1. The third kappa shape index (κ3) is 2.76. The minimum Gasteiger partial charge on any atom is -0.385 e. The number of aliphatic hydroxyl groups excluding tert-OH is 1. The molecule has 0 aliphatic carbocycles. The van der Waals surface area contributed by atoms with Crippen molar-refractivity contribution in [1.82, 2.24) is 10.6 Å². The third-order valence-electron chi connectivity index (χ3n) is 2.31. The fraction of sp³-hybridized carbons (Fsp3) is 0.889. The van der Waals surface area contributed by atoms with Crippen LogP contribution < -0.4 is 10.6 Å². The molecule has 1 aliphatic rings. The second-order valence-corrected chi connectivity index (χ2v) is 3.80. The number of carbonyl (C=O) groups excluding carboxylic acids is 1. The third-order valence-corrected chi connectivity index (χ3v) is 2.31. The number of piperazine rings is 1. The van der Waals surface area contributed by atoms with Crippen LogP contribution in [0.4, 0.5) is 0 Å². The van der Waals surface area contributed by atoms with Crippen LogP contribution in [0.5, 0.6) is 0 Å². The van der Waals surface area contributed by atoms with E-state index < -0.39 is 6.10 Å². The van der Waals surface area contributed by atoms with Gasteiger partial charge in [0, 0.05) is 19.6 Å². The molecule has 0 amide bonds. The molecule has 0 bridgehead atoms. The Labute approximate surface area is 78.7 Å². The van der Waals surface area contributed by atoms with E-state index in [1.54, 1.807) is 0 Å². The van der Waals surface area contributed by atoms with E-state index in [4.69, 9.17) is 0 Å². The van der Waals surface area contributed by atoms with Gasteiger partial charge in [-0.15, -0.1) is 0 Å². The Bertz CT molecular complexity index is 176. The molecule has 0 saturated carbocycles. The molecule has 0 spiro atoms. The summed E-state index contributed by atoms with van der Waals surface area (Å²) in [5.74, 6) is -0.0987. The normalized spacial score (nSPS) is 26.0. The first-order chi connectivity index (χ1) is 6.13. The van der Waals surface area contributed by atoms with Crippen LogP contribution >= 0.6 is 0 Å². The van der Waals surface area contributed by atoms with Gasteiger partial charge in [-0.05, 0) is 5.92 Å². The van der Waals surface area contributed by atoms with Crippen molar-refractivity contribution in [3.8, 4) is 0 Å². The lowest BCUT2D eigenvalue weighted by Gasteiger charge is -2.26. The topological polar surface area (TPSA) is 61.4 Å². The van der Waals surface area contributed by atoms with Crippen molar-refractivity contribution in [3.63, 3.8) is 0 Å². The minimum atomic E-state index is -0.836. The zero-order chi connectivity index (χ0) is 9.84. The van der Waals surface area contributed by atoms with E-state index in [-0.39, 0.29) is 17.7 Å². The van der Waals surface area contributed by atoms with Crippen molar-refractivity contribution >= 4 is 5.78 Å².